The summed E-state index contributed by atoms with van der Waals surface area (Å²) >= 11 is 6.05. The van der Waals surface area contributed by atoms with Gasteiger partial charge in [-0.2, -0.15) is 0 Å². The van der Waals surface area contributed by atoms with Gasteiger partial charge in [0.2, 0.25) is 5.95 Å². The molecule has 1 aromatic heterocycles. The molecule has 0 atom stereocenters. The molecule has 0 radical (unpaired) electrons. The van der Waals surface area contributed by atoms with Crippen molar-refractivity contribution in [3.05, 3.63) is 50.9 Å². The Bertz CT molecular complexity index is 735. The Kier molecular flexibility index (Phi) is 4.07. The van der Waals surface area contributed by atoms with Crippen LogP contribution in [0.5, 0.6) is 0 Å². The number of halogens is 1. The summed E-state index contributed by atoms with van der Waals surface area (Å²) < 4.78 is 0. The Labute approximate surface area is 134 Å². The summed E-state index contributed by atoms with van der Waals surface area (Å²) in [6.45, 7) is 7.04. The highest BCUT2D eigenvalue weighted by Gasteiger charge is 2.19. The maximum Gasteiger partial charge on any atom is 0.255 e. The van der Waals surface area contributed by atoms with Gasteiger partial charge in [-0.1, -0.05) is 17.7 Å². The van der Waals surface area contributed by atoms with Gasteiger partial charge in [0.05, 0.1) is 0 Å². The summed E-state index contributed by atoms with van der Waals surface area (Å²) in [5.41, 5.74) is 2.55. The Morgan fingerprint density at radius 2 is 1.82 bits per heavy atom. The van der Waals surface area contributed by atoms with Crippen LogP contribution in [0.4, 0.5) is 11.6 Å². The molecule has 2 aromatic rings. The van der Waals surface area contributed by atoms with Crippen LogP contribution in [0.15, 0.2) is 29.1 Å². The first-order valence-corrected chi connectivity index (χ1v) is 7.75. The Morgan fingerprint density at radius 1 is 1.14 bits per heavy atom. The number of aromatic amines is 1. The van der Waals surface area contributed by atoms with Gasteiger partial charge in [-0.05, 0) is 32.0 Å². The lowest BCUT2D eigenvalue weighted by atomic mass is 10.2. The third-order valence-corrected chi connectivity index (χ3v) is 4.37. The Balaban J connectivity index is 1.73. The Morgan fingerprint density at radius 3 is 2.45 bits per heavy atom. The zero-order valence-electron chi connectivity index (χ0n) is 12.8. The fourth-order valence-corrected chi connectivity index (χ4v) is 2.81. The second-order valence-electron chi connectivity index (χ2n) is 5.55. The summed E-state index contributed by atoms with van der Waals surface area (Å²) in [5.74, 6) is 0.666. The highest BCUT2D eigenvalue weighted by Crippen LogP contribution is 2.21. The van der Waals surface area contributed by atoms with Gasteiger partial charge in [-0.15, -0.1) is 0 Å². The minimum atomic E-state index is -0.0558. The van der Waals surface area contributed by atoms with Crippen molar-refractivity contribution in [1.82, 2.24) is 9.97 Å². The van der Waals surface area contributed by atoms with E-state index in [1.54, 1.807) is 6.92 Å². The van der Waals surface area contributed by atoms with Crippen molar-refractivity contribution in [2.24, 2.45) is 0 Å². The van der Waals surface area contributed by atoms with E-state index in [4.69, 9.17) is 11.6 Å². The molecule has 5 nitrogen and oxygen atoms in total. The largest absolute Gasteiger partial charge is 0.368 e. The molecule has 0 unspecified atom stereocenters. The molecule has 0 aliphatic carbocycles. The average Bonchev–Trinajstić information content (AvgIpc) is 2.52. The molecule has 1 aliphatic rings. The number of anilines is 2. The van der Waals surface area contributed by atoms with Gasteiger partial charge in [-0.25, -0.2) is 4.98 Å². The van der Waals surface area contributed by atoms with Crippen molar-refractivity contribution in [2.75, 3.05) is 36.0 Å². The zero-order chi connectivity index (χ0) is 15.7. The molecule has 1 aliphatic heterocycles. The standard InChI is InChI=1S/C16H19ClN4O/c1-11-12(2)18-16(19-15(11)22)21-8-6-20(7-9-21)14-5-3-4-13(17)10-14/h3-5,10H,6-9H2,1-2H3,(H,18,19,22). The van der Waals surface area contributed by atoms with Gasteiger partial charge in [0.15, 0.2) is 0 Å². The summed E-state index contributed by atoms with van der Waals surface area (Å²) in [4.78, 5) is 23.7. The molecule has 1 saturated heterocycles. The van der Waals surface area contributed by atoms with Crippen molar-refractivity contribution in [3.8, 4) is 0 Å². The Hall–Kier alpha value is -2.01. The fourth-order valence-electron chi connectivity index (χ4n) is 2.63. The second-order valence-corrected chi connectivity index (χ2v) is 5.99. The summed E-state index contributed by atoms with van der Waals surface area (Å²) in [7, 11) is 0. The lowest BCUT2D eigenvalue weighted by molar-refractivity contribution is 0.637. The van der Waals surface area contributed by atoms with Gasteiger partial charge in [0.25, 0.3) is 5.56 Å². The molecule has 1 N–H and O–H groups in total. The van der Waals surface area contributed by atoms with E-state index in [1.165, 1.54) is 0 Å². The van der Waals surface area contributed by atoms with Crippen molar-refractivity contribution in [1.29, 1.82) is 0 Å². The number of aryl methyl sites for hydroxylation is 1. The number of rotatable bonds is 2. The first-order valence-electron chi connectivity index (χ1n) is 7.37. The molecule has 0 amide bonds. The van der Waals surface area contributed by atoms with Crippen LogP contribution in [0.3, 0.4) is 0 Å². The topological polar surface area (TPSA) is 52.2 Å². The van der Waals surface area contributed by atoms with E-state index in [1.807, 2.05) is 25.1 Å². The quantitative estimate of drug-likeness (QED) is 0.923. The number of hydrogen-bond acceptors (Lipinski definition) is 4. The predicted molar refractivity (Wildman–Crippen MR) is 90.2 cm³/mol. The van der Waals surface area contributed by atoms with Gasteiger partial charge in [0.1, 0.15) is 0 Å². The van der Waals surface area contributed by atoms with Gasteiger partial charge in [-0.3, -0.25) is 9.78 Å². The predicted octanol–water partition coefficient (Wildman–Crippen LogP) is 2.37. The number of H-pyrrole nitrogens is 1. The number of nitrogens with zero attached hydrogens (tertiary/aromatic N) is 3. The number of benzene rings is 1. The van der Waals surface area contributed by atoms with E-state index in [0.29, 0.717) is 11.5 Å². The van der Waals surface area contributed by atoms with Gasteiger partial charge >= 0.3 is 0 Å². The number of hydrogen-bond donors (Lipinski definition) is 1. The molecule has 1 fully saturated rings. The molecule has 0 bridgehead atoms. The molecule has 2 heterocycles. The average molecular weight is 319 g/mol. The first kappa shape index (κ1) is 14.9. The fraction of sp³-hybridized carbons (Fsp3) is 0.375. The van der Waals surface area contributed by atoms with E-state index < -0.39 is 0 Å². The molecule has 22 heavy (non-hydrogen) atoms. The van der Waals surface area contributed by atoms with E-state index in [2.05, 4.69) is 25.8 Å². The van der Waals surface area contributed by atoms with Gasteiger partial charge < -0.3 is 9.80 Å². The normalized spacial score (nSPS) is 15.2. The number of piperazine rings is 1. The molecule has 3 rings (SSSR count). The van der Waals surface area contributed by atoms with Crippen LogP contribution in [0.25, 0.3) is 0 Å². The number of nitrogens with one attached hydrogen (secondary N) is 1. The molecule has 116 valence electrons. The molecule has 0 saturated carbocycles. The van der Waals surface area contributed by atoms with Crippen LogP contribution in [0.2, 0.25) is 5.02 Å². The zero-order valence-corrected chi connectivity index (χ0v) is 13.5. The summed E-state index contributed by atoms with van der Waals surface area (Å²) in [5, 5.41) is 0.750. The van der Waals surface area contributed by atoms with E-state index >= 15 is 0 Å². The minimum Gasteiger partial charge on any atom is -0.368 e. The van der Waals surface area contributed by atoms with Crippen molar-refractivity contribution >= 4 is 23.2 Å². The first-order chi connectivity index (χ1) is 10.5. The summed E-state index contributed by atoms with van der Waals surface area (Å²) in [6, 6.07) is 7.89. The van der Waals surface area contributed by atoms with Crippen LogP contribution in [0, 0.1) is 13.8 Å². The maximum atomic E-state index is 11.9. The molecular weight excluding hydrogens is 300 g/mol. The molecule has 1 aromatic carbocycles. The van der Waals surface area contributed by atoms with Crippen LogP contribution in [-0.4, -0.2) is 36.1 Å². The molecule has 0 spiro atoms. The third kappa shape index (κ3) is 2.95. The summed E-state index contributed by atoms with van der Waals surface area (Å²) in [6.07, 6.45) is 0. The maximum absolute atomic E-state index is 11.9. The monoisotopic (exact) mass is 318 g/mol. The smallest absolute Gasteiger partial charge is 0.255 e. The SMILES string of the molecule is Cc1nc(N2CCN(c3cccc(Cl)c3)CC2)[nH]c(=O)c1C. The second kappa shape index (κ2) is 6.01. The third-order valence-electron chi connectivity index (χ3n) is 4.13. The lowest BCUT2D eigenvalue weighted by Crippen LogP contribution is -2.47. The highest BCUT2D eigenvalue weighted by atomic mass is 35.5. The van der Waals surface area contributed by atoms with Crippen molar-refractivity contribution in [3.63, 3.8) is 0 Å². The van der Waals surface area contributed by atoms with E-state index in [-0.39, 0.29) is 5.56 Å². The van der Waals surface area contributed by atoms with Crippen LogP contribution >= 0.6 is 11.6 Å². The molecule has 6 heteroatoms. The minimum absolute atomic E-state index is 0.0558. The lowest BCUT2D eigenvalue weighted by Gasteiger charge is -2.36. The van der Waals surface area contributed by atoms with Crippen LogP contribution < -0.4 is 15.4 Å². The van der Waals surface area contributed by atoms with Crippen molar-refractivity contribution in [2.45, 2.75) is 13.8 Å². The van der Waals surface area contributed by atoms with Crippen molar-refractivity contribution < 1.29 is 0 Å². The highest BCUT2D eigenvalue weighted by molar-refractivity contribution is 6.30. The van der Waals surface area contributed by atoms with E-state index in [9.17, 15) is 4.79 Å². The van der Waals surface area contributed by atoms with Crippen LogP contribution in [0.1, 0.15) is 11.3 Å². The van der Waals surface area contributed by atoms with Gasteiger partial charge in [0, 0.05) is 48.1 Å². The van der Waals surface area contributed by atoms with E-state index in [0.717, 1.165) is 42.6 Å². The van der Waals surface area contributed by atoms with Crippen LogP contribution in [-0.2, 0) is 0 Å². The number of aromatic nitrogens is 2. The molecular formula is C16H19ClN4O.